The number of alkyl halides is 3. The molecule has 0 saturated carbocycles. The fourth-order valence-electron chi connectivity index (χ4n) is 5.35. The van der Waals surface area contributed by atoms with Gasteiger partial charge in [-0.1, -0.05) is 0 Å². The van der Waals surface area contributed by atoms with Crippen LogP contribution in [-0.2, 0) is 6.18 Å². The second-order valence-corrected chi connectivity index (χ2v) is 10.3. The molecule has 2 fully saturated rings. The molecule has 1 aromatic carbocycles. The van der Waals surface area contributed by atoms with Crippen LogP contribution in [0.5, 0.6) is 0 Å². The molecule has 2 saturated heterocycles. The number of carbonyl (C=O) groups excluding carboxylic acids is 2. The van der Waals surface area contributed by atoms with Gasteiger partial charge in [0.15, 0.2) is 17.2 Å². The zero-order chi connectivity index (χ0) is 29.4. The van der Waals surface area contributed by atoms with Crippen molar-refractivity contribution in [3.05, 3.63) is 59.8 Å². The average Bonchev–Trinajstić information content (AvgIpc) is 3.74. The lowest BCUT2D eigenvalue weighted by atomic mass is 10.1. The Balaban J connectivity index is 1.13. The number of fused-ring (bicyclic) bond motifs is 1. The van der Waals surface area contributed by atoms with Crippen LogP contribution in [0.25, 0.3) is 16.9 Å². The summed E-state index contributed by atoms with van der Waals surface area (Å²) in [6.45, 7) is 5.30. The maximum Gasteiger partial charge on any atom is 0.435 e. The van der Waals surface area contributed by atoms with E-state index in [4.69, 9.17) is 0 Å². The first-order chi connectivity index (χ1) is 20.2. The Morgan fingerprint density at radius 3 is 2.60 bits per heavy atom. The van der Waals surface area contributed by atoms with Crippen molar-refractivity contribution in [2.24, 2.45) is 0 Å². The molecule has 2 aliphatic rings. The normalized spacial score (nSPS) is 17.6. The summed E-state index contributed by atoms with van der Waals surface area (Å²) in [6, 6.07) is 5.32. The van der Waals surface area contributed by atoms with E-state index in [1.165, 1.54) is 29.2 Å². The van der Waals surface area contributed by atoms with Crippen molar-refractivity contribution in [3.8, 4) is 11.3 Å². The number of benzene rings is 1. The van der Waals surface area contributed by atoms with Crippen LogP contribution in [0.1, 0.15) is 28.0 Å². The SMILES string of the molecule is Cc1cc(Nc2nccn3c(-c4c[nH]nc4C(F)(F)F)cnc23)ccc1C(=O)N1CCN(C(=O)N[C@H]2CCNC2)CC1. The lowest BCUT2D eigenvalue weighted by Gasteiger charge is -2.35. The summed E-state index contributed by atoms with van der Waals surface area (Å²) in [7, 11) is 0. The van der Waals surface area contributed by atoms with Crippen molar-refractivity contribution in [3.63, 3.8) is 0 Å². The first-order valence-corrected chi connectivity index (χ1v) is 13.6. The number of aryl methyl sites for hydroxylation is 1. The molecule has 4 N–H and O–H groups in total. The van der Waals surface area contributed by atoms with Gasteiger partial charge in [-0.25, -0.2) is 14.8 Å². The van der Waals surface area contributed by atoms with Gasteiger partial charge in [0, 0.05) is 68.6 Å². The Morgan fingerprint density at radius 2 is 1.88 bits per heavy atom. The number of hydrogen-bond donors (Lipinski definition) is 4. The van der Waals surface area contributed by atoms with Crippen molar-refractivity contribution in [1.82, 2.24) is 45.0 Å². The molecule has 15 heteroatoms. The van der Waals surface area contributed by atoms with Gasteiger partial charge in [0.25, 0.3) is 5.91 Å². The van der Waals surface area contributed by atoms with Crippen molar-refractivity contribution in [1.29, 1.82) is 0 Å². The highest BCUT2D eigenvalue weighted by molar-refractivity contribution is 5.96. The molecule has 0 radical (unpaired) electrons. The lowest BCUT2D eigenvalue weighted by molar-refractivity contribution is -0.140. The summed E-state index contributed by atoms with van der Waals surface area (Å²) < 4.78 is 41.8. The fraction of sp³-hybridized carbons (Fsp3) is 0.370. The second-order valence-electron chi connectivity index (χ2n) is 10.3. The van der Waals surface area contributed by atoms with Gasteiger partial charge in [0.1, 0.15) is 0 Å². The van der Waals surface area contributed by atoms with Gasteiger partial charge in [-0.05, 0) is 43.7 Å². The van der Waals surface area contributed by atoms with Crippen molar-refractivity contribution >= 4 is 29.1 Å². The molecular weight excluding hydrogens is 553 g/mol. The zero-order valence-electron chi connectivity index (χ0n) is 22.7. The minimum Gasteiger partial charge on any atom is -0.337 e. The van der Waals surface area contributed by atoms with E-state index in [9.17, 15) is 22.8 Å². The summed E-state index contributed by atoms with van der Waals surface area (Å²) in [6.07, 6.45) is 1.80. The Morgan fingerprint density at radius 1 is 1.10 bits per heavy atom. The molecule has 0 spiro atoms. The minimum atomic E-state index is -4.63. The molecule has 3 amide bonds. The number of carbonyl (C=O) groups is 2. The van der Waals surface area contributed by atoms with E-state index >= 15 is 0 Å². The van der Waals surface area contributed by atoms with Crippen molar-refractivity contribution < 1.29 is 22.8 Å². The van der Waals surface area contributed by atoms with Crippen LogP contribution < -0.4 is 16.0 Å². The number of imidazole rings is 1. The van der Waals surface area contributed by atoms with E-state index < -0.39 is 11.9 Å². The predicted molar refractivity (Wildman–Crippen MR) is 147 cm³/mol. The molecule has 6 rings (SSSR count). The minimum absolute atomic E-state index is 0.0961. The predicted octanol–water partition coefficient (Wildman–Crippen LogP) is 3.02. The topological polar surface area (TPSA) is 136 Å². The lowest BCUT2D eigenvalue weighted by Crippen LogP contribution is -2.54. The number of rotatable bonds is 5. The number of nitrogens with one attached hydrogen (secondary N) is 4. The summed E-state index contributed by atoms with van der Waals surface area (Å²) in [5.74, 6) is 0.222. The highest BCUT2D eigenvalue weighted by Gasteiger charge is 2.37. The molecule has 42 heavy (non-hydrogen) atoms. The van der Waals surface area contributed by atoms with Gasteiger partial charge in [0.2, 0.25) is 0 Å². The van der Waals surface area contributed by atoms with Crippen LogP contribution in [-0.4, -0.2) is 91.6 Å². The van der Waals surface area contributed by atoms with E-state index in [-0.39, 0.29) is 29.2 Å². The molecule has 220 valence electrons. The van der Waals surface area contributed by atoms with E-state index in [0.717, 1.165) is 25.1 Å². The Hall–Kier alpha value is -4.66. The van der Waals surface area contributed by atoms with E-state index in [1.807, 2.05) is 6.92 Å². The zero-order valence-corrected chi connectivity index (χ0v) is 22.7. The summed E-state index contributed by atoms with van der Waals surface area (Å²) in [5, 5.41) is 15.1. The number of piperazine rings is 1. The maximum absolute atomic E-state index is 13.4. The van der Waals surface area contributed by atoms with Gasteiger partial charge in [0.05, 0.1) is 17.5 Å². The third-order valence-corrected chi connectivity index (χ3v) is 7.57. The molecule has 0 unspecified atom stereocenters. The van der Waals surface area contributed by atoms with Gasteiger partial charge < -0.3 is 25.8 Å². The number of aromatic nitrogens is 5. The van der Waals surface area contributed by atoms with E-state index in [0.29, 0.717) is 48.9 Å². The van der Waals surface area contributed by atoms with Crippen LogP contribution in [0.15, 0.2) is 43.0 Å². The number of amides is 3. The maximum atomic E-state index is 13.4. The molecule has 2 aliphatic heterocycles. The Labute approximate surface area is 238 Å². The Bertz CT molecular complexity index is 1620. The number of hydrogen-bond acceptors (Lipinski definition) is 7. The number of anilines is 2. The van der Waals surface area contributed by atoms with Crippen molar-refractivity contribution in [2.75, 3.05) is 44.6 Å². The van der Waals surface area contributed by atoms with Crippen LogP contribution in [0.2, 0.25) is 0 Å². The number of H-pyrrole nitrogens is 1. The average molecular weight is 583 g/mol. The molecule has 5 heterocycles. The third kappa shape index (κ3) is 5.34. The summed E-state index contributed by atoms with van der Waals surface area (Å²) >= 11 is 0. The second kappa shape index (κ2) is 11.0. The van der Waals surface area contributed by atoms with E-state index in [2.05, 4.69) is 36.1 Å². The van der Waals surface area contributed by atoms with Crippen LogP contribution >= 0.6 is 0 Å². The molecule has 3 aromatic heterocycles. The molecule has 0 aliphatic carbocycles. The number of halogens is 3. The third-order valence-electron chi connectivity index (χ3n) is 7.57. The van der Waals surface area contributed by atoms with Gasteiger partial charge in [-0.3, -0.25) is 14.3 Å². The molecule has 12 nitrogen and oxygen atoms in total. The van der Waals surface area contributed by atoms with Gasteiger partial charge >= 0.3 is 12.2 Å². The summed E-state index contributed by atoms with van der Waals surface area (Å²) in [5.41, 5.74) is 1.30. The highest BCUT2D eigenvalue weighted by atomic mass is 19.4. The monoisotopic (exact) mass is 582 g/mol. The van der Waals surface area contributed by atoms with E-state index in [1.54, 1.807) is 28.0 Å². The molecule has 4 aromatic rings. The van der Waals surface area contributed by atoms with Crippen LogP contribution in [0.4, 0.5) is 29.5 Å². The number of aromatic amines is 1. The largest absolute Gasteiger partial charge is 0.435 e. The number of nitrogens with zero attached hydrogens (tertiary/aromatic N) is 6. The first-order valence-electron chi connectivity index (χ1n) is 13.6. The van der Waals surface area contributed by atoms with Crippen molar-refractivity contribution in [2.45, 2.75) is 25.6 Å². The Kier molecular flexibility index (Phi) is 7.18. The molecular formula is C27H29F3N10O2. The van der Waals surface area contributed by atoms with Crippen LogP contribution in [0.3, 0.4) is 0 Å². The number of urea groups is 1. The van der Waals surface area contributed by atoms with Gasteiger partial charge in [-0.2, -0.15) is 18.3 Å². The highest BCUT2D eigenvalue weighted by Crippen LogP contribution is 2.36. The molecule has 0 bridgehead atoms. The smallest absolute Gasteiger partial charge is 0.337 e. The first kappa shape index (κ1) is 27.5. The molecule has 1 atom stereocenters. The fourth-order valence-corrected chi connectivity index (χ4v) is 5.35. The van der Waals surface area contributed by atoms with Gasteiger partial charge in [-0.15, -0.1) is 0 Å². The summed E-state index contributed by atoms with van der Waals surface area (Å²) in [4.78, 5) is 38.0. The standard InChI is InChI=1S/C27H29F3N10O2/c1-16-12-17(2-3-19(16)25(41)38-8-10-39(11-9-38)26(42)36-18-4-5-31-13-18)35-23-24-33-15-21(40(24)7-6-32-23)20-14-34-37-22(20)27(28,29)30/h2-3,6-7,12,14-15,18,31H,4-5,8-11,13H2,1H3,(H,32,35)(H,34,37)(H,36,42)/t18-/m0/s1. The van der Waals surface area contributed by atoms with Crippen LogP contribution in [0, 0.1) is 6.92 Å². The quantitative estimate of drug-likeness (QED) is 0.284.